The van der Waals surface area contributed by atoms with Gasteiger partial charge in [-0.15, -0.1) is 0 Å². The van der Waals surface area contributed by atoms with E-state index in [9.17, 15) is 10.2 Å². The molecule has 0 bridgehead atoms. The van der Waals surface area contributed by atoms with E-state index in [0.29, 0.717) is 32.9 Å². The molecule has 2 aromatic rings. The lowest BCUT2D eigenvalue weighted by Gasteiger charge is -2.33. The van der Waals surface area contributed by atoms with E-state index in [1.54, 1.807) is 7.11 Å². The predicted octanol–water partition coefficient (Wildman–Crippen LogP) is 2.09. The normalized spacial score (nSPS) is 22.0. The monoisotopic (exact) mass is 387 g/mol. The molecule has 3 N–H and O–H groups in total. The van der Waals surface area contributed by atoms with Crippen LogP contribution in [0.3, 0.4) is 0 Å². The standard InChI is InChI=1S/C22H29NO5/c1-26-21-6-3-2-5-17(21)15-27-11-4-12-28-18-9-7-16(8-10-18)22-19(24)13-23-14-20(22)25/h2-3,5-10,19-20,22-25H,4,11-15H2,1H3/t19-,20+,22?. The van der Waals surface area contributed by atoms with Crippen LogP contribution in [0.15, 0.2) is 48.5 Å². The molecule has 0 radical (unpaired) electrons. The summed E-state index contributed by atoms with van der Waals surface area (Å²) in [6, 6.07) is 15.4. The first-order valence-electron chi connectivity index (χ1n) is 9.68. The van der Waals surface area contributed by atoms with Crippen molar-refractivity contribution in [2.24, 2.45) is 0 Å². The highest BCUT2D eigenvalue weighted by Gasteiger charge is 2.31. The number of aliphatic hydroxyl groups is 2. The molecule has 0 spiro atoms. The third kappa shape index (κ3) is 5.45. The second-order valence-electron chi connectivity index (χ2n) is 6.95. The summed E-state index contributed by atoms with van der Waals surface area (Å²) in [7, 11) is 1.66. The Morgan fingerprint density at radius 3 is 2.39 bits per heavy atom. The van der Waals surface area contributed by atoms with Crippen LogP contribution in [-0.4, -0.2) is 55.8 Å². The number of hydrogen-bond donors (Lipinski definition) is 3. The topological polar surface area (TPSA) is 80.2 Å². The summed E-state index contributed by atoms with van der Waals surface area (Å²) in [4.78, 5) is 0. The number of benzene rings is 2. The molecule has 3 rings (SSSR count). The maximum atomic E-state index is 10.1. The van der Waals surface area contributed by atoms with Crippen molar-refractivity contribution in [3.63, 3.8) is 0 Å². The van der Waals surface area contributed by atoms with Gasteiger partial charge in [0.25, 0.3) is 0 Å². The van der Waals surface area contributed by atoms with Gasteiger partial charge >= 0.3 is 0 Å². The molecule has 0 aromatic heterocycles. The fraction of sp³-hybridized carbons (Fsp3) is 0.455. The summed E-state index contributed by atoms with van der Waals surface area (Å²) in [5.74, 6) is 1.34. The molecule has 3 atom stereocenters. The Labute approximate surface area is 166 Å². The predicted molar refractivity (Wildman–Crippen MR) is 107 cm³/mol. The fourth-order valence-corrected chi connectivity index (χ4v) is 3.48. The van der Waals surface area contributed by atoms with E-state index in [1.165, 1.54) is 0 Å². The number of piperidine rings is 1. The van der Waals surface area contributed by atoms with Gasteiger partial charge in [-0.05, 0) is 23.8 Å². The summed E-state index contributed by atoms with van der Waals surface area (Å²) in [6.45, 7) is 2.66. The maximum Gasteiger partial charge on any atom is 0.124 e. The molecule has 2 aromatic carbocycles. The zero-order valence-corrected chi connectivity index (χ0v) is 16.2. The van der Waals surface area contributed by atoms with E-state index in [4.69, 9.17) is 14.2 Å². The summed E-state index contributed by atoms with van der Waals surface area (Å²) < 4.78 is 16.8. The molecule has 1 heterocycles. The molecule has 0 saturated carbocycles. The van der Waals surface area contributed by atoms with Crippen LogP contribution in [-0.2, 0) is 11.3 Å². The van der Waals surface area contributed by atoms with Crippen LogP contribution in [0.1, 0.15) is 23.5 Å². The maximum absolute atomic E-state index is 10.1. The minimum atomic E-state index is -0.587. The van der Waals surface area contributed by atoms with Crippen LogP contribution in [0.25, 0.3) is 0 Å². The van der Waals surface area contributed by atoms with Crippen molar-refractivity contribution in [2.45, 2.75) is 31.2 Å². The van der Waals surface area contributed by atoms with Crippen molar-refractivity contribution in [3.8, 4) is 11.5 Å². The van der Waals surface area contributed by atoms with E-state index in [-0.39, 0.29) is 5.92 Å². The number of para-hydroxylation sites is 1. The van der Waals surface area contributed by atoms with Crippen molar-refractivity contribution < 1.29 is 24.4 Å². The highest BCUT2D eigenvalue weighted by Crippen LogP contribution is 2.27. The summed E-state index contributed by atoms with van der Waals surface area (Å²) >= 11 is 0. The van der Waals surface area contributed by atoms with E-state index < -0.39 is 12.2 Å². The molecule has 1 aliphatic rings. The number of β-amino-alcohol motifs (C(OH)–C–C–N with tert-alkyl or cyclic N) is 2. The van der Waals surface area contributed by atoms with Crippen LogP contribution in [0, 0.1) is 0 Å². The molecule has 1 saturated heterocycles. The SMILES string of the molecule is COc1ccccc1COCCCOc1ccc(C2[C@H](O)CNC[C@@H]2O)cc1. The number of ether oxygens (including phenoxy) is 3. The average Bonchev–Trinajstić information content (AvgIpc) is 2.72. The first-order chi connectivity index (χ1) is 13.7. The molecular formula is C22H29NO5. The number of hydrogen-bond acceptors (Lipinski definition) is 6. The van der Waals surface area contributed by atoms with Gasteiger partial charge in [-0.2, -0.15) is 0 Å². The average molecular weight is 387 g/mol. The molecule has 0 amide bonds. The first kappa shape index (κ1) is 20.6. The number of nitrogens with one attached hydrogen (secondary N) is 1. The van der Waals surface area contributed by atoms with E-state index in [0.717, 1.165) is 29.0 Å². The van der Waals surface area contributed by atoms with E-state index in [1.807, 2.05) is 48.5 Å². The molecular weight excluding hydrogens is 358 g/mol. The van der Waals surface area contributed by atoms with Gasteiger partial charge in [0.15, 0.2) is 0 Å². The Balaban J connectivity index is 1.38. The van der Waals surface area contributed by atoms with Gasteiger partial charge in [0.05, 0.1) is 39.1 Å². The highest BCUT2D eigenvalue weighted by molar-refractivity contribution is 5.32. The number of aliphatic hydroxyl groups excluding tert-OH is 2. The summed E-state index contributed by atoms with van der Waals surface area (Å²) in [6.07, 6.45) is -0.394. The lowest BCUT2D eigenvalue weighted by molar-refractivity contribution is 0.0264. The van der Waals surface area contributed by atoms with Gasteiger partial charge in [-0.3, -0.25) is 0 Å². The fourth-order valence-electron chi connectivity index (χ4n) is 3.48. The molecule has 28 heavy (non-hydrogen) atoms. The largest absolute Gasteiger partial charge is 0.496 e. The van der Waals surface area contributed by atoms with Gasteiger partial charge in [0.1, 0.15) is 11.5 Å². The first-order valence-corrected chi connectivity index (χ1v) is 9.68. The minimum absolute atomic E-state index is 0.265. The van der Waals surface area contributed by atoms with Crippen molar-refractivity contribution in [1.29, 1.82) is 0 Å². The number of rotatable bonds is 9. The van der Waals surface area contributed by atoms with Gasteiger partial charge in [0, 0.05) is 31.0 Å². The minimum Gasteiger partial charge on any atom is -0.496 e. The van der Waals surface area contributed by atoms with Crippen LogP contribution in [0.2, 0.25) is 0 Å². The summed E-state index contributed by atoms with van der Waals surface area (Å²) in [5.41, 5.74) is 1.96. The van der Waals surface area contributed by atoms with Crippen LogP contribution >= 0.6 is 0 Å². The van der Waals surface area contributed by atoms with Gasteiger partial charge in [-0.25, -0.2) is 0 Å². The van der Waals surface area contributed by atoms with Gasteiger partial charge in [0.2, 0.25) is 0 Å². The third-order valence-corrected chi connectivity index (χ3v) is 4.95. The molecule has 1 aliphatic heterocycles. The van der Waals surface area contributed by atoms with E-state index in [2.05, 4.69) is 5.32 Å². The molecule has 152 valence electrons. The van der Waals surface area contributed by atoms with Crippen LogP contribution < -0.4 is 14.8 Å². The Morgan fingerprint density at radius 2 is 1.68 bits per heavy atom. The van der Waals surface area contributed by atoms with Crippen LogP contribution in [0.4, 0.5) is 0 Å². The smallest absolute Gasteiger partial charge is 0.124 e. The van der Waals surface area contributed by atoms with Crippen molar-refractivity contribution in [1.82, 2.24) is 5.32 Å². The Bertz CT molecular complexity index is 711. The molecule has 6 heteroatoms. The third-order valence-electron chi connectivity index (χ3n) is 4.95. The molecule has 1 unspecified atom stereocenters. The Hall–Kier alpha value is -2.12. The number of methoxy groups -OCH3 is 1. The Morgan fingerprint density at radius 1 is 0.964 bits per heavy atom. The lowest BCUT2D eigenvalue weighted by atomic mass is 9.86. The second-order valence-corrected chi connectivity index (χ2v) is 6.95. The van der Waals surface area contributed by atoms with Crippen molar-refractivity contribution >= 4 is 0 Å². The molecule has 0 aliphatic carbocycles. The zero-order valence-electron chi connectivity index (χ0n) is 16.2. The van der Waals surface area contributed by atoms with Gasteiger partial charge < -0.3 is 29.7 Å². The molecule has 1 fully saturated rings. The summed E-state index contributed by atoms with van der Waals surface area (Å²) in [5, 5.41) is 23.3. The second kappa shape index (κ2) is 10.4. The molecule has 6 nitrogen and oxygen atoms in total. The van der Waals surface area contributed by atoms with Crippen molar-refractivity contribution in [2.75, 3.05) is 33.4 Å². The quantitative estimate of drug-likeness (QED) is 0.572. The highest BCUT2D eigenvalue weighted by atomic mass is 16.5. The van der Waals surface area contributed by atoms with Crippen molar-refractivity contribution in [3.05, 3.63) is 59.7 Å². The van der Waals surface area contributed by atoms with E-state index >= 15 is 0 Å². The Kier molecular flexibility index (Phi) is 7.68. The zero-order chi connectivity index (χ0) is 19.8. The van der Waals surface area contributed by atoms with Gasteiger partial charge in [-0.1, -0.05) is 30.3 Å². The van der Waals surface area contributed by atoms with Crippen LogP contribution in [0.5, 0.6) is 11.5 Å². The lowest BCUT2D eigenvalue weighted by Crippen LogP contribution is -2.48.